The molecule has 0 N–H and O–H groups in total. The Hall–Kier alpha value is -1.64. The van der Waals surface area contributed by atoms with Crippen LogP contribution in [0.3, 0.4) is 0 Å². The Labute approximate surface area is 88.7 Å². The third kappa shape index (κ3) is 1.91. The van der Waals surface area contributed by atoms with E-state index in [0.29, 0.717) is 6.42 Å². The lowest BCUT2D eigenvalue weighted by Gasteiger charge is -2.00. The number of unbranched alkanes of at least 4 members (excludes halogenated alkanes) is 1. The van der Waals surface area contributed by atoms with Gasteiger partial charge in [-0.2, -0.15) is 5.10 Å². The van der Waals surface area contributed by atoms with E-state index in [1.807, 2.05) is 29.9 Å². The predicted octanol–water partition coefficient (Wildman–Crippen LogP) is 2.09. The van der Waals surface area contributed by atoms with Crippen molar-refractivity contribution < 1.29 is 4.79 Å². The first-order valence-electron chi connectivity index (χ1n) is 5.17. The summed E-state index contributed by atoms with van der Waals surface area (Å²) in [5.74, 6) is 0. The van der Waals surface area contributed by atoms with Crippen LogP contribution in [0.2, 0.25) is 0 Å². The highest BCUT2D eigenvalue weighted by molar-refractivity contribution is 5.81. The molecule has 0 aliphatic carbocycles. The summed E-state index contributed by atoms with van der Waals surface area (Å²) in [5, 5.41) is 5.62. The second kappa shape index (κ2) is 4.26. The highest BCUT2D eigenvalue weighted by Crippen LogP contribution is 2.18. The molecule has 1 aromatic carbocycles. The summed E-state index contributed by atoms with van der Waals surface area (Å²) >= 11 is 0. The fourth-order valence-electron chi connectivity index (χ4n) is 1.85. The Bertz CT molecular complexity index is 473. The van der Waals surface area contributed by atoms with Gasteiger partial charge in [-0.05, 0) is 18.9 Å². The maximum Gasteiger partial charge on any atom is 0.120 e. The fraction of sp³-hybridized carbons (Fsp3) is 0.333. The first kappa shape index (κ1) is 9.90. The van der Waals surface area contributed by atoms with Gasteiger partial charge in [-0.1, -0.05) is 18.2 Å². The Morgan fingerprint density at radius 2 is 2.20 bits per heavy atom. The summed E-state index contributed by atoms with van der Waals surface area (Å²) in [4.78, 5) is 10.3. The number of hydrogen-bond acceptors (Lipinski definition) is 2. The molecule has 0 atom stereocenters. The zero-order valence-corrected chi connectivity index (χ0v) is 8.81. The smallest absolute Gasteiger partial charge is 0.120 e. The summed E-state index contributed by atoms with van der Waals surface area (Å²) in [6.07, 6.45) is 3.40. The molecule has 0 fully saturated rings. The molecular weight excluding hydrogens is 188 g/mol. The Kier molecular flexibility index (Phi) is 2.81. The lowest BCUT2D eigenvalue weighted by atomic mass is 10.1. The number of nitrogens with zero attached hydrogens (tertiary/aromatic N) is 2. The van der Waals surface area contributed by atoms with E-state index in [9.17, 15) is 4.79 Å². The lowest BCUT2D eigenvalue weighted by molar-refractivity contribution is -0.107. The van der Waals surface area contributed by atoms with E-state index in [-0.39, 0.29) is 0 Å². The maximum atomic E-state index is 10.3. The van der Waals surface area contributed by atoms with Gasteiger partial charge in [0, 0.05) is 24.5 Å². The van der Waals surface area contributed by atoms with Crippen molar-refractivity contribution in [3.8, 4) is 0 Å². The number of fused-ring (bicyclic) bond motifs is 1. The summed E-state index contributed by atoms with van der Waals surface area (Å²) < 4.78 is 1.91. The molecule has 0 bridgehead atoms. The van der Waals surface area contributed by atoms with Gasteiger partial charge in [-0.15, -0.1) is 0 Å². The highest BCUT2D eigenvalue weighted by Gasteiger charge is 2.06. The van der Waals surface area contributed by atoms with Crippen LogP contribution < -0.4 is 0 Å². The monoisotopic (exact) mass is 202 g/mol. The lowest BCUT2D eigenvalue weighted by Crippen LogP contribution is -1.98. The van der Waals surface area contributed by atoms with Crippen molar-refractivity contribution >= 4 is 17.2 Å². The minimum absolute atomic E-state index is 0.625. The van der Waals surface area contributed by atoms with E-state index in [2.05, 4.69) is 11.2 Å². The Balaban J connectivity index is 2.32. The standard InChI is InChI=1S/C12H14N2O/c1-14-12(8-4-5-9-15)10-6-2-3-7-11(10)13-14/h2-3,6-7,9H,4-5,8H2,1H3. The molecular formula is C12H14N2O. The summed E-state index contributed by atoms with van der Waals surface area (Å²) in [5.41, 5.74) is 2.24. The third-order valence-corrected chi connectivity index (χ3v) is 2.60. The SMILES string of the molecule is Cn1nc2ccccc2c1CCCC=O. The zero-order chi connectivity index (χ0) is 10.7. The van der Waals surface area contributed by atoms with Crippen LogP contribution >= 0.6 is 0 Å². The zero-order valence-electron chi connectivity index (χ0n) is 8.81. The number of hydrogen-bond donors (Lipinski definition) is 0. The van der Waals surface area contributed by atoms with Gasteiger partial charge in [0.15, 0.2) is 0 Å². The van der Waals surface area contributed by atoms with Gasteiger partial charge >= 0.3 is 0 Å². The first-order valence-corrected chi connectivity index (χ1v) is 5.17. The average Bonchev–Trinajstić information content (AvgIpc) is 2.56. The van der Waals surface area contributed by atoms with Crippen LogP contribution in [0.5, 0.6) is 0 Å². The summed E-state index contributed by atoms with van der Waals surface area (Å²) in [6.45, 7) is 0. The van der Waals surface area contributed by atoms with Crippen molar-refractivity contribution in [1.29, 1.82) is 0 Å². The van der Waals surface area contributed by atoms with Crippen LogP contribution in [0.4, 0.5) is 0 Å². The highest BCUT2D eigenvalue weighted by atomic mass is 16.1. The van der Waals surface area contributed by atoms with Crippen LogP contribution in [-0.2, 0) is 18.3 Å². The average molecular weight is 202 g/mol. The molecule has 2 aromatic rings. The Morgan fingerprint density at radius 1 is 1.40 bits per heavy atom. The molecule has 3 nitrogen and oxygen atoms in total. The van der Waals surface area contributed by atoms with Crippen LogP contribution in [0.15, 0.2) is 24.3 Å². The van der Waals surface area contributed by atoms with Crippen molar-refractivity contribution in [3.05, 3.63) is 30.0 Å². The maximum absolute atomic E-state index is 10.3. The fourth-order valence-corrected chi connectivity index (χ4v) is 1.85. The second-order valence-electron chi connectivity index (χ2n) is 3.65. The largest absolute Gasteiger partial charge is 0.303 e. The second-order valence-corrected chi connectivity index (χ2v) is 3.65. The number of aromatic nitrogens is 2. The van der Waals surface area contributed by atoms with Crippen LogP contribution in [0, 0.1) is 0 Å². The topological polar surface area (TPSA) is 34.9 Å². The van der Waals surface area contributed by atoms with E-state index in [4.69, 9.17) is 0 Å². The van der Waals surface area contributed by atoms with Gasteiger partial charge in [-0.3, -0.25) is 4.68 Å². The van der Waals surface area contributed by atoms with E-state index in [0.717, 1.165) is 24.6 Å². The van der Waals surface area contributed by atoms with Crippen molar-refractivity contribution in [2.24, 2.45) is 7.05 Å². The summed E-state index contributed by atoms with van der Waals surface area (Å²) in [7, 11) is 1.95. The molecule has 0 radical (unpaired) electrons. The van der Waals surface area contributed by atoms with Crippen molar-refractivity contribution in [3.63, 3.8) is 0 Å². The predicted molar refractivity (Wildman–Crippen MR) is 59.7 cm³/mol. The number of carbonyl (C=O) groups excluding carboxylic acids is 1. The van der Waals surface area contributed by atoms with E-state index < -0.39 is 0 Å². The van der Waals surface area contributed by atoms with E-state index in [1.165, 1.54) is 11.1 Å². The molecule has 1 heterocycles. The number of aldehydes is 1. The van der Waals surface area contributed by atoms with Crippen LogP contribution in [0.25, 0.3) is 10.9 Å². The van der Waals surface area contributed by atoms with Crippen molar-refractivity contribution in [2.75, 3.05) is 0 Å². The molecule has 2 rings (SSSR count). The molecule has 3 heteroatoms. The molecule has 0 unspecified atom stereocenters. The van der Waals surface area contributed by atoms with Gasteiger partial charge in [-0.25, -0.2) is 0 Å². The number of carbonyl (C=O) groups is 1. The molecule has 15 heavy (non-hydrogen) atoms. The first-order chi connectivity index (χ1) is 7.33. The molecule has 0 amide bonds. The number of aryl methyl sites for hydroxylation is 2. The molecule has 78 valence electrons. The third-order valence-electron chi connectivity index (χ3n) is 2.60. The van der Waals surface area contributed by atoms with Crippen LogP contribution in [-0.4, -0.2) is 16.1 Å². The normalized spacial score (nSPS) is 10.7. The van der Waals surface area contributed by atoms with Gasteiger partial charge in [0.05, 0.1) is 5.52 Å². The van der Waals surface area contributed by atoms with Crippen molar-refractivity contribution in [2.45, 2.75) is 19.3 Å². The number of rotatable bonds is 4. The molecule has 0 spiro atoms. The van der Waals surface area contributed by atoms with Gasteiger partial charge < -0.3 is 4.79 Å². The summed E-state index contributed by atoms with van der Waals surface area (Å²) in [6, 6.07) is 8.11. The quantitative estimate of drug-likeness (QED) is 0.562. The minimum atomic E-state index is 0.625. The Morgan fingerprint density at radius 3 is 3.00 bits per heavy atom. The van der Waals surface area contributed by atoms with Gasteiger partial charge in [0.1, 0.15) is 6.29 Å². The molecule has 0 saturated carbocycles. The van der Waals surface area contributed by atoms with Crippen LogP contribution in [0.1, 0.15) is 18.5 Å². The van der Waals surface area contributed by atoms with Crippen molar-refractivity contribution in [1.82, 2.24) is 9.78 Å². The van der Waals surface area contributed by atoms with E-state index in [1.54, 1.807) is 0 Å². The molecule has 0 saturated heterocycles. The molecule has 0 aliphatic heterocycles. The molecule has 1 aromatic heterocycles. The number of benzene rings is 1. The van der Waals surface area contributed by atoms with Gasteiger partial charge in [0.25, 0.3) is 0 Å². The van der Waals surface area contributed by atoms with E-state index >= 15 is 0 Å². The van der Waals surface area contributed by atoms with Gasteiger partial charge in [0.2, 0.25) is 0 Å². The molecule has 0 aliphatic rings. The minimum Gasteiger partial charge on any atom is -0.303 e.